The Morgan fingerprint density at radius 3 is 2.00 bits per heavy atom. The summed E-state index contributed by atoms with van der Waals surface area (Å²) in [6, 6.07) is 19.6. The van der Waals surface area contributed by atoms with Gasteiger partial charge in [0.25, 0.3) is 0 Å². The van der Waals surface area contributed by atoms with Crippen molar-refractivity contribution < 1.29 is 5.11 Å². The van der Waals surface area contributed by atoms with Crippen molar-refractivity contribution in [3.63, 3.8) is 0 Å². The van der Waals surface area contributed by atoms with Crippen molar-refractivity contribution >= 4 is 6.08 Å². The first-order chi connectivity index (χ1) is 8.18. The van der Waals surface area contributed by atoms with Crippen LogP contribution in [-0.2, 0) is 5.60 Å². The molecule has 2 rings (SSSR count). The maximum Gasteiger partial charge on any atom is 0.105 e. The predicted octanol–water partition coefficient (Wildman–Crippen LogP) is 3.61. The Bertz CT molecular complexity index is 483. The summed E-state index contributed by atoms with van der Waals surface area (Å²) in [5.74, 6) is 0. The maximum absolute atomic E-state index is 10.4. The van der Waals surface area contributed by atoms with Gasteiger partial charge in [-0.3, -0.25) is 0 Å². The molecule has 1 heteroatoms. The quantitative estimate of drug-likeness (QED) is 0.844. The van der Waals surface area contributed by atoms with Crippen LogP contribution in [0.4, 0.5) is 0 Å². The van der Waals surface area contributed by atoms with Crippen molar-refractivity contribution in [2.75, 3.05) is 0 Å². The van der Waals surface area contributed by atoms with Crippen LogP contribution in [0.5, 0.6) is 0 Å². The summed E-state index contributed by atoms with van der Waals surface area (Å²) < 4.78 is 0. The van der Waals surface area contributed by atoms with Crippen molar-refractivity contribution in [2.24, 2.45) is 0 Å². The Hall–Kier alpha value is -1.86. The minimum absolute atomic E-state index is 0.896. The highest BCUT2D eigenvalue weighted by molar-refractivity contribution is 5.51. The Morgan fingerprint density at radius 1 is 0.882 bits per heavy atom. The monoisotopic (exact) mass is 224 g/mol. The molecule has 0 fully saturated rings. The lowest BCUT2D eigenvalue weighted by Gasteiger charge is -2.19. The van der Waals surface area contributed by atoms with E-state index in [1.807, 2.05) is 72.8 Å². The van der Waals surface area contributed by atoms with Crippen LogP contribution in [0, 0.1) is 0 Å². The first-order valence-electron chi connectivity index (χ1n) is 5.71. The zero-order valence-electron chi connectivity index (χ0n) is 9.88. The van der Waals surface area contributed by atoms with E-state index in [0.29, 0.717) is 0 Å². The number of rotatable bonds is 3. The molecule has 0 unspecified atom stereocenters. The molecule has 0 saturated heterocycles. The normalized spacial score (nSPS) is 14.7. The largest absolute Gasteiger partial charge is 0.381 e. The topological polar surface area (TPSA) is 20.2 Å². The SMILES string of the molecule is C[C@](O)(/C=C/c1ccccc1)c1ccccc1. The van der Waals surface area contributed by atoms with Gasteiger partial charge in [0.15, 0.2) is 0 Å². The second-order valence-electron chi connectivity index (χ2n) is 4.26. The predicted molar refractivity (Wildman–Crippen MR) is 71.5 cm³/mol. The van der Waals surface area contributed by atoms with Crippen LogP contribution in [-0.4, -0.2) is 5.11 Å². The molecule has 17 heavy (non-hydrogen) atoms. The maximum atomic E-state index is 10.4. The lowest BCUT2D eigenvalue weighted by Crippen LogP contribution is -2.17. The molecule has 1 nitrogen and oxygen atoms in total. The Kier molecular flexibility index (Phi) is 3.40. The zero-order valence-corrected chi connectivity index (χ0v) is 9.88. The number of hydrogen-bond donors (Lipinski definition) is 1. The van der Waals surface area contributed by atoms with Crippen molar-refractivity contribution in [3.8, 4) is 0 Å². The van der Waals surface area contributed by atoms with Gasteiger partial charge in [-0.15, -0.1) is 0 Å². The first kappa shape index (κ1) is 11.6. The standard InChI is InChI=1S/C16H16O/c1-16(17,15-10-6-3-7-11-15)13-12-14-8-4-2-5-9-14/h2-13,17H,1H3/b13-12+/t16-/m0/s1. The molecular formula is C16H16O. The van der Waals surface area contributed by atoms with E-state index in [9.17, 15) is 5.11 Å². The van der Waals surface area contributed by atoms with E-state index in [2.05, 4.69) is 0 Å². The fraction of sp³-hybridized carbons (Fsp3) is 0.125. The van der Waals surface area contributed by atoms with Gasteiger partial charge in [-0.2, -0.15) is 0 Å². The van der Waals surface area contributed by atoms with E-state index in [-0.39, 0.29) is 0 Å². The van der Waals surface area contributed by atoms with Gasteiger partial charge >= 0.3 is 0 Å². The molecule has 86 valence electrons. The fourth-order valence-corrected chi connectivity index (χ4v) is 1.69. The molecule has 0 aliphatic carbocycles. The van der Waals surface area contributed by atoms with Crippen molar-refractivity contribution in [2.45, 2.75) is 12.5 Å². The summed E-state index contributed by atoms with van der Waals surface area (Å²) in [5, 5.41) is 10.4. The summed E-state index contributed by atoms with van der Waals surface area (Å²) in [6.45, 7) is 1.79. The summed E-state index contributed by atoms with van der Waals surface area (Å²) in [6.07, 6.45) is 3.75. The van der Waals surface area contributed by atoms with Gasteiger partial charge in [-0.05, 0) is 24.1 Å². The molecular weight excluding hydrogens is 208 g/mol. The molecule has 1 N–H and O–H groups in total. The van der Waals surface area contributed by atoms with E-state index >= 15 is 0 Å². The minimum atomic E-state index is -0.933. The third-order valence-electron chi connectivity index (χ3n) is 2.76. The van der Waals surface area contributed by atoms with Gasteiger partial charge in [0.1, 0.15) is 5.60 Å². The van der Waals surface area contributed by atoms with Gasteiger partial charge in [-0.25, -0.2) is 0 Å². The average molecular weight is 224 g/mol. The van der Waals surface area contributed by atoms with Crippen molar-refractivity contribution in [1.29, 1.82) is 0 Å². The molecule has 0 aliphatic heterocycles. The molecule has 0 bridgehead atoms. The van der Waals surface area contributed by atoms with Gasteiger partial charge in [0, 0.05) is 0 Å². The van der Waals surface area contributed by atoms with Crippen LogP contribution < -0.4 is 0 Å². The van der Waals surface area contributed by atoms with Crippen LogP contribution in [0.3, 0.4) is 0 Å². The molecule has 0 spiro atoms. The van der Waals surface area contributed by atoms with Crippen LogP contribution >= 0.6 is 0 Å². The third kappa shape index (κ3) is 3.05. The smallest absolute Gasteiger partial charge is 0.105 e. The zero-order chi connectivity index (χ0) is 12.1. The highest BCUT2D eigenvalue weighted by Gasteiger charge is 2.18. The van der Waals surface area contributed by atoms with E-state index in [1.54, 1.807) is 6.92 Å². The lowest BCUT2D eigenvalue weighted by molar-refractivity contribution is 0.112. The molecule has 0 amide bonds. The molecule has 0 saturated carbocycles. The Labute approximate surface area is 102 Å². The average Bonchev–Trinajstić information content (AvgIpc) is 2.39. The van der Waals surface area contributed by atoms with Gasteiger partial charge in [0.2, 0.25) is 0 Å². The second kappa shape index (κ2) is 4.98. The van der Waals surface area contributed by atoms with Crippen LogP contribution in [0.15, 0.2) is 66.7 Å². The molecule has 0 aliphatic rings. The highest BCUT2D eigenvalue weighted by Crippen LogP contribution is 2.22. The van der Waals surface area contributed by atoms with E-state index in [4.69, 9.17) is 0 Å². The summed E-state index contributed by atoms with van der Waals surface area (Å²) in [7, 11) is 0. The molecule has 0 heterocycles. The summed E-state index contributed by atoms with van der Waals surface area (Å²) in [4.78, 5) is 0. The molecule has 2 aromatic carbocycles. The summed E-state index contributed by atoms with van der Waals surface area (Å²) in [5.41, 5.74) is 1.05. The second-order valence-corrected chi connectivity index (χ2v) is 4.26. The number of aliphatic hydroxyl groups is 1. The lowest BCUT2D eigenvalue weighted by atomic mass is 9.95. The van der Waals surface area contributed by atoms with E-state index < -0.39 is 5.60 Å². The Morgan fingerprint density at radius 2 is 1.41 bits per heavy atom. The van der Waals surface area contributed by atoms with Crippen LogP contribution in [0.25, 0.3) is 6.08 Å². The highest BCUT2D eigenvalue weighted by atomic mass is 16.3. The molecule has 0 radical (unpaired) electrons. The van der Waals surface area contributed by atoms with Crippen LogP contribution in [0.1, 0.15) is 18.1 Å². The van der Waals surface area contributed by atoms with E-state index in [0.717, 1.165) is 11.1 Å². The number of hydrogen-bond acceptors (Lipinski definition) is 1. The number of benzene rings is 2. The summed E-state index contributed by atoms with van der Waals surface area (Å²) >= 11 is 0. The van der Waals surface area contributed by atoms with Crippen LogP contribution in [0.2, 0.25) is 0 Å². The minimum Gasteiger partial charge on any atom is -0.381 e. The fourth-order valence-electron chi connectivity index (χ4n) is 1.69. The van der Waals surface area contributed by atoms with Gasteiger partial charge in [0.05, 0.1) is 0 Å². The van der Waals surface area contributed by atoms with Gasteiger partial charge < -0.3 is 5.11 Å². The van der Waals surface area contributed by atoms with Crippen molar-refractivity contribution in [3.05, 3.63) is 77.9 Å². The molecule has 1 atom stereocenters. The van der Waals surface area contributed by atoms with Crippen molar-refractivity contribution in [1.82, 2.24) is 0 Å². The third-order valence-corrected chi connectivity index (χ3v) is 2.76. The van der Waals surface area contributed by atoms with E-state index in [1.165, 1.54) is 0 Å². The Balaban J connectivity index is 2.21. The van der Waals surface area contributed by atoms with Gasteiger partial charge in [-0.1, -0.05) is 66.7 Å². The molecule has 0 aromatic heterocycles. The molecule has 2 aromatic rings. The first-order valence-corrected chi connectivity index (χ1v) is 5.71.